The Labute approximate surface area is 123 Å². The van der Waals surface area contributed by atoms with E-state index < -0.39 is 0 Å². The number of benzene rings is 3. The Bertz CT molecular complexity index is 834. The van der Waals surface area contributed by atoms with Crippen LogP contribution < -0.4 is 5.73 Å². The first-order valence-electron chi connectivity index (χ1n) is 6.64. The van der Waals surface area contributed by atoms with Gasteiger partial charge in [0.1, 0.15) is 0 Å². The topological polar surface area (TPSA) is 26.0 Å². The van der Waals surface area contributed by atoms with Crippen LogP contribution in [0.4, 0.5) is 5.69 Å². The van der Waals surface area contributed by atoms with Crippen LogP contribution in [0.5, 0.6) is 0 Å². The summed E-state index contributed by atoms with van der Waals surface area (Å²) in [6, 6.07) is 12.2. The predicted octanol–water partition coefficient (Wildman–Crippen LogP) is 5.27. The predicted molar refractivity (Wildman–Crippen MR) is 89.5 cm³/mol. The Balaban J connectivity index is 2.53. The van der Waals surface area contributed by atoms with Gasteiger partial charge in [0.05, 0.1) is 5.02 Å². The van der Waals surface area contributed by atoms with Gasteiger partial charge in [-0.3, -0.25) is 0 Å². The standard InChI is InChI=1S/C18H16ClN/c1-3-6-12-9-10-15-16(11(12)2)17(19)13-7-4-5-8-14(13)18(15)20/h3-5,7-10H,1,6,20H2,2H3. The molecule has 0 saturated carbocycles. The van der Waals surface area contributed by atoms with Crippen LogP contribution in [-0.2, 0) is 6.42 Å². The number of anilines is 1. The van der Waals surface area contributed by atoms with E-state index in [0.29, 0.717) is 0 Å². The van der Waals surface area contributed by atoms with Gasteiger partial charge in [0.15, 0.2) is 0 Å². The SMILES string of the molecule is C=CCc1ccc2c(N)c3ccccc3c(Cl)c2c1C. The minimum Gasteiger partial charge on any atom is -0.398 e. The third-order valence-electron chi connectivity index (χ3n) is 3.90. The molecule has 0 fully saturated rings. The number of hydrogen-bond acceptors (Lipinski definition) is 1. The normalized spacial score (nSPS) is 11.1. The maximum atomic E-state index is 6.64. The van der Waals surface area contributed by atoms with Crippen LogP contribution in [0.1, 0.15) is 11.1 Å². The number of nitrogens with two attached hydrogens (primary N) is 1. The molecule has 0 unspecified atom stereocenters. The van der Waals surface area contributed by atoms with Crippen LogP contribution in [0.3, 0.4) is 0 Å². The summed E-state index contributed by atoms with van der Waals surface area (Å²) < 4.78 is 0. The smallest absolute Gasteiger partial charge is 0.0567 e. The average molecular weight is 282 g/mol. The molecule has 3 rings (SSSR count). The second-order valence-electron chi connectivity index (χ2n) is 5.04. The molecule has 0 saturated heterocycles. The minimum atomic E-state index is 0.785. The second-order valence-corrected chi connectivity index (χ2v) is 5.42. The third-order valence-corrected chi connectivity index (χ3v) is 4.30. The first kappa shape index (κ1) is 13.0. The third kappa shape index (κ3) is 1.78. The van der Waals surface area contributed by atoms with E-state index in [4.69, 9.17) is 17.3 Å². The van der Waals surface area contributed by atoms with E-state index in [1.54, 1.807) is 0 Å². The summed E-state index contributed by atoms with van der Waals surface area (Å²) >= 11 is 6.64. The van der Waals surface area contributed by atoms with Crippen molar-refractivity contribution < 1.29 is 0 Å². The highest BCUT2D eigenvalue weighted by Gasteiger charge is 2.13. The summed E-state index contributed by atoms with van der Waals surface area (Å²) in [7, 11) is 0. The Morgan fingerprint density at radius 3 is 2.50 bits per heavy atom. The van der Waals surface area contributed by atoms with Crippen molar-refractivity contribution in [2.45, 2.75) is 13.3 Å². The van der Waals surface area contributed by atoms with Crippen molar-refractivity contribution in [1.82, 2.24) is 0 Å². The molecular weight excluding hydrogens is 266 g/mol. The number of aryl methyl sites for hydroxylation is 1. The highest BCUT2D eigenvalue weighted by Crippen LogP contribution is 2.40. The molecule has 3 aromatic carbocycles. The lowest BCUT2D eigenvalue weighted by Gasteiger charge is -2.14. The van der Waals surface area contributed by atoms with Crippen LogP contribution in [0.25, 0.3) is 21.5 Å². The Kier molecular flexibility index (Phi) is 3.15. The van der Waals surface area contributed by atoms with E-state index in [-0.39, 0.29) is 0 Å². The molecule has 100 valence electrons. The van der Waals surface area contributed by atoms with Crippen molar-refractivity contribution in [3.05, 3.63) is 65.2 Å². The van der Waals surface area contributed by atoms with Gasteiger partial charge in [-0.05, 0) is 24.5 Å². The molecule has 2 N–H and O–H groups in total. The largest absolute Gasteiger partial charge is 0.398 e. The molecule has 0 amide bonds. The van der Waals surface area contributed by atoms with Gasteiger partial charge in [-0.15, -0.1) is 6.58 Å². The summed E-state index contributed by atoms with van der Waals surface area (Å²) in [6.07, 6.45) is 2.75. The van der Waals surface area contributed by atoms with E-state index in [1.165, 1.54) is 11.1 Å². The van der Waals surface area contributed by atoms with Crippen LogP contribution in [0, 0.1) is 6.92 Å². The van der Waals surface area contributed by atoms with Crippen molar-refractivity contribution in [3.8, 4) is 0 Å². The lowest BCUT2D eigenvalue weighted by atomic mass is 9.94. The van der Waals surface area contributed by atoms with Crippen LogP contribution in [0.15, 0.2) is 49.1 Å². The van der Waals surface area contributed by atoms with Crippen molar-refractivity contribution in [2.75, 3.05) is 5.73 Å². The summed E-state index contributed by atoms with van der Waals surface area (Å²) in [5.41, 5.74) is 9.56. The molecule has 0 bridgehead atoms. The maximum Gasteiger partial charge on any atom is 0.0567 e. The number of fused-ring (bicyclic) bond motifs is 2. The average Bonchev–Trinajstić information content (AvgIpc) is 2.47. The summed E-state index contributed by atoms with van der Waals surface area (Å²) in [5, 5.41) is 4.90. The second kappa shape index (κ2) is 4.84. The molecule has 1 nitrogen and oxygen atoms in total. The van der Waals surface area contributed by atoms with Gasteiger partial charge in [0, 0.05) is 27.2 Å². The van der Waals surface area contributed by atoms with Gasteiger partial charge < -0.3 is 5.73 Å². The van der Waals surface area contributed by atoms with Crippen LogP contribution in [0.2, 0.25) is 5.02 Å². The van der Waals surface area contributed by atoms with E-state index in [0.717, 1.165) is 38.7 Å². The fraction of sp³-hybridized carbons (Fsp3) is 0.111. The lowest BCUT2D eigenvalue weighted by molar-refractivity contribution is 1.24. The Hall–Kier alpha value is -1.99. The zero-order chi connectivity index (χ0) is 14.3. The molecule has 0 radical (unpaired) electrons. The van der Waals surface area contributed by atoms with Gasteiger partial charge in [0.25, 0.3) is 0 Å². The number of allylic oxidation sites excluding steroid dienone is 1. The molecule has 0 aliphatic heterocycles. The number of rotatable bonds is 2. The van der Waals surface area contributed by atoms with E-state index in [1.807, 2.05) is 30.3 Å². The molecule has 20 heavy (non-hydrogen) atoms. The molecule has 2 heteroatoms. The van der Waals surface area contributed by atoms with E-state index in [9.17, 15) is 0 Å². The van der Waals surface area contributed by atoms with Gasteiger partial charge in [-0.1, -0.05) is 54.1 Å². The molecule has 0 aliphatic rings. The van der Waals surface area contributed by atoms with Gasteiger partial charge in [-0.25, -0.2) is 0 Å². The quantitative estimate of drug-likeness (QED) is 0.387. The summed E-state index contributed by atoms with van der Waals surface area (Å²) in [5.74, 6) is 0. The van der Waals surface area contributed by atoms with Crippen molar-refractivity contribution in [3.63, 3.8) is 0 Å². The first-order chi connectivity index (χ1) is 9.65. The maximum absolute atomic E-state index is 6.64. The van der Waals surface area contributed by atoms with Crippen molar-refractivity contribution in [1.29, 1.82) is 0 Å². The fourth-order valence-corrected chi connectivity index (χ4v) is 3.24. The minimum absolute atomic E-state index is 0.785. The number of halogens is 1. The van der Waals surface area contributed by atoms with Gasteiger partial charge >= 0.3 is 0 Å². The molecule has 0 aromatic heterocycles. The highest BCUT2D eigenvalue weighted by atomic mass is 35.5. The zero-order valence-electron chi connectivity index (χ0n) is 11.4. The highest BCUT2D eigenvalue weighted by molar-refractivity contribution is 6.42. The zero-order valence-corrected chi connectivity index (χ0v) is 12.2. The number of hydrogen-bond donors (Lipinski definition) is 1. The molecule has 0 aliphatic carbocycles. The Morgan fingerprint density at radius 2 is 1.80 bits per heavy atom. The molecule has 0 atom stereocenters. The first-order valence-corrected chi connectivity index (χ1v) is 7.01. The van der Waals surface area contributed by atoms with E-state index in [2.05, 4.69) is 25.6 Å². The van der Waals surface area contributed by atoms with Crippen molar-refractivity contribution in [2.24, 2.45) is 0 Å². The molecule has 0 spiro atoms. The summed E-state index contributed by atoms with van der Waals surface area (Å²) in [6.45, 7) is 5.91. The van der Waals surface area contributed by atoms with Crippen LogP contribution in [-0.4, -0.2) is 0 Å². The fourth-order valence-electron chi connectivity index (χ4n) is 2.83. The molecular formula is C18H16ClN. The van der Waals surface area contributed by atoms with Gasteiger partial charge in [-0.2, -0.15) is 0 Å². The van der Waals surface area contributed by atoms with Crippen LogP contribution >= 0.6 is 11.6 Å². The Morgan fingerprint density at radius 1 is 1.10 bits per heavy atom. The summed E-state index contributed by atoms with van der Waals surface area (Å²) in [4.78, 5) is 0. The molecule has 3 aromatic rings. The van der Waals surface area contributed by atoms with Crippen molar-refractivity contribution >= 4 is 38.8 Å². The molecule has 0 heterocycles. The monoisotopic (exact) mass is 281 g/mol. The van der Waals surface area contributed by atoms with Gasteiger partial charge in [0.2, 0.25) is 0 Å². The number of nitrogen functional groups attached to an aromatic ring is 1. The lowest BCUT2D eigenvalue weighted by Crippen LogP contribution is -1.95. The van der Waals surface area contributed by atoms with E-state index >= 15 is 0 Å².